The van der Waals surface area contributed by atoms with Gasteiger partial charge in [-0.15, -0.1) is 12.4 Å². The summed E-state index contributed by atoms with van der Waals surface area (Å²) in [5.74, 6) is -1.02. The number of aromatic nitrogens is 2. The zero-order valence-electron chi connectivity index (χ0n) is 15.5. The third kappa shape index (κ3) is 2.98. The van der Waals surface area contributed by atoms with Crippen molar-refractivity contribution >= 4 is 40.1 Å². The van der Waals surface area contributed by atoms with Gasteiger partial charge in [-0.1, -0.05) is 0 Å². The van der Waals surface area contributed by atoms with Crippen molar-refractivity contribution in [1.82, 2.24) is 9.72 Å². The van der Waals surface area contributed by atoms with Crippen LogP contribution in [0.15, 0.2) is 50.5 Å². The van der Waals surface area contributed by atoms with E-state index in [0.717, 1.165) is 12.5 Å². The Bertz CT molecular complexity index is 1380. The van der Waals surface area contributed by atoms with E-state index in [1.54, 1.807) is 6.07 Å². The fraction of sp³-hybridized carbons (Fsp3) is 0.200. The molecule has 4 aromatic rings. The summed E-state index contributed by atoms with van der Waals surface area (Å²) in [5, 5.41) is 1.96. The molecule has 156 valence electrons. The molecule has 1 unspecified atom stereocenters. The second-order valence-electron chi connectivity index (χ2n) is 7.17. The van der Waals surface area contributed by atoms with Gasteiger partial charge < -0.3 is 15.2 Å². The number of fused-ring (bicyclic) bond motifs is 2. The molecule has 0 saturated carbocycles. The lowest BCUT2D eigenvalue weighted by atomic mass is 10.1. The van der Waals surface area contributed by atoms with Crippen molar-refractivity contribution in [3.63, 3.8) is 0 Å². The number of hydrogen-bond donors (Lipinski definition) is 2. The molecule has 1 fully saturated rings. The molecule has 0 bridgehead atoms. The maximum absolute atomic E-state index is 14.9. The quantitative estimate of drug-likeness (QED) is 0.505. The molecule has 0 amide bonds. The lowest BCUT2D eigenvalue weighted by Gasteiger charge is -2.20. The number of rotatable bonds is 2. The number of nitrogens with two attached hydrogens (primary N) is 1. The van der Waals surface area contributed by atoms with Crippen LogP contribution in [0, 0.1) is 11.6 Å². The van der Waals surface area contributed by atoms with Crippen LogP contribution in [0.1, 0.15) is 6.42 Å². The van der Waals surface area contributed by atoms with E-state index in [-0.39, 0.29) is 34.9 Å². The smallest absolute Gasteiger partial charge is 0.293 e. The fourth-order valence-electron chi connectivity index (χ4n) is 3.91. The van der Waals surface area contributed by atoms with E-state index >= 15 is 0 Å². The number of halogens is 3. The number of H-pyrrole nitrogens is 1. The predicted octanol–water partition coefficient (Wildman–Crippen LogP) is 2.66. The minimum atomic E-state index is -0.710. The summed E-state index contributed by atoms with van der Waals surface area (Å²) in [6.45, 7) is 1.08. The van der Waals surface area contributed by atoms with Crippen LogP contribution in [-0.2, 0) is 0 Å². The summed E-state index contributed by atoms with van der Waals surface area (Å²) in [6.07, 6.45) is 0.730. The van der Waals surface area contributed by atoms with Crippen molar-refractivity contribution in [2.45, 2.75) is 12.5 Å². The van der Waals surface area contributed by atoms with Crippen molar-refractivity contribution in [3.05, 3.63) is 68.6 Å². The Morgan fingerprint density at radius 2 is 1.87 bits per heavy atom. The van der Waals surface area contributed by atoms with E-state index < -0.39 is 22.6 Å². The standard InChI is InChI=1S/C20H16F2N4O3.ClH/c21-10-1-3-12(4-2-10)26-15-8-16(25-6-5-11(23)9-25)14(22)7-13(15)18(27)17-19(28)24-29-20(17)26;/h1-4,7-8,11H,5-6,9,23H2,(H,24,28);1H. The van der Waals surface area contributed by atoms with E-state index in [4.69, 9.17) is 10.3 Å². The number of anilines is 1. The number of aromatic amines is 1. The van der Waals surface area contributed by atoms with E-state index in [1.165, 1.54) is 28.8 Å². The van der Waals surface area contributed by atoms with E-state index in [1.807, 2.05) is 4.90 Å². The zero-order valence-corrected chi connectivity index (χ0v) is 16.3. The minimum Gasteiger partial charge on any atom is -0.367 e. The van der Waals surface area contributed by atoms with Gasteiger partial charge in [-0.25, -0.2) is 8.78 Å². The van der Waals surface area contributed by atoms with E-state index in [9.17, 15) is 18.4 Å². The molecule has 3 N–H and O–H groups in total. The molecule has 1 aliphatic heterocycles. The van der Waals surface area contributed by atoms with Gasteiger partial charge in [0.2, 0.25) is 11.1 Å². The van der Waals surface area contributed by atoms with Gasteiger partial charge in [-0.2, -0.15) is 5.16 Å². The molecule has 2 aromatic heterocycles. The Morgan fingerprint density at radius 1 is 1.13 bits per heavy atom. The van der Waals surface area contributed by atoms with E-state index in [0.29, 0.717) is 30.0 Å². The molecule has 0 aliphatic carbocycles. The van der Waals surface area contributed by atoms with Crippen molar-refractivity contribution in [2.75, 3.05) is 18.0 Å². The van der Waals surface area contributed by atoms with Crippen LogP contribution in [0.5, 0.6) is 0 Å². The van der Waals surface area contributed by atoms with Crippen molar-refractivity contribution in [1.29, 1.82) is 0 Å². The first-order chi connectivity index (χ1) is 13.9. The van der Waals surface area contributed by atoms with Crippen LogP contribution in [0.3, 0.4) is 0 Å². The number of nitrogens with one attached hydrogen (secondary N) is 1. The number of nitrogens with zero attached hydrogens (tertiary/aromatic N) is 2. The van der Waals surface area contributed by atoms with Gasteiger partial charge in [-0.3, -0.25) is 14.2 Å². The minimum absolute atomic E-state index is 0. The largest absolute Gasteiger partial charge is 0.367 e. The Kier molecular flexibility index (Phi) is 4.87. The summed E-state index contributed by atoms with van der Waals surface area (Å²) in [5.41, 5.74) is 5.69. The molecule has 5 rings (SSSR count). The highest BCUT2D eigenvalue weighted by Crippen LogP contribution is 2.30. The van der Waals surface area contributed by atoms with Crippen LogP contribution in [-0.4, -0.2) is 28.9 Å². The van der Waals surface area contributed by atoms with Crippen molar-refractivity contribution in [3.8, 4) is 5.69 Å². The van der Waals surface area contributed by atoms with Crippen LogP contribution < -0.4 is 21.6 Å². The molecule has 0 spiro atoms. The van der Waals surface area contributed by atoms with Crippen molar-refractivity contribution < 1.29 is 13.3 Å². The monoisotopic (exact) mass is 434 g/mol. The van der Waals surface area contributed by atoms with Crippen molar-refractivity contribution in [2.24, 2.45) is 5.73 Å². The highest BCUT2D eigenvalue weighted by atomic mass is 35.5. The Hall–Kier alpha value is -3.17. The third-order valence-electron chi connectivity index (χ3n) is 5.31. The maximum atomic E-state index is 14.9. The van der Waals surface area contributed by atoms with Crippen LogP contribution in [0.4, 0.5) is 14.5 Å². The second kappa shape index (κ2) is 7.26. The lowest BCUT2D eigenvalue weighted by molar-refractivity contribution is 0.437. The average molecular weight is 435 g/mol. The number of hydrogen-bond acceptors (Lipinski definition) is 5. The Balaban J connectivity index is 0.00000218. The molecule has 1 atom stereocenters. The van der Waals surface area contributed by atoms with E-state index in [2.05, 4.69) is 5.16 Å². The highest BCUT2D eigenvalue weighted by Gasteiger charge is 2.25. The maximum Gasteiger partial charge on any atom is 0.293 e. The number of benzene rings is 2. The first kappa shape index (κ1) is 20.1. The topological polar surface area (TPSA) is 97.3 Å². The summed E-state index contributed by atoms with van der Waals surface area (Å²) in [4.78, 5) is 26.8. The fourth-order valence-corrected chi connectivity index (χ4v) is 3.91. The summed E-state index contributed by atoms with van der Waals surface area (Å²) in [6, 6.07) is 8.08. The zero-order chi connectivity index (χ0) is 20.3. The third-order valence-corrected chi connectivity index (χ3v) is 5.31. The predicted molar refractivity (Wildman–Crippen MR) is 112 cm³/mol. The van der Waals surface area contributed by atoms with Crippen LogP contribution >= 0.6 is 12.4 Å². The van der Waals surface area contributed by atoms with Gasteiger partial charge in [0, 0.05) is 24.8 Å². The number of pyridine rings is 1. The summed E-state index contributed by atoms with van der Waals surface area (Å²) >= 11 is 0. The SMILES string of the molecule is Cl.NC1CCN(c2cc3c(cc2F)c(=O)c2c(=O)[nH]oc2n3-c2ccc(F)cc2)C1. The second-order valence-corrected chi connectivity index (χ2v) is 7.17. The van der Waals surface area contributed by atoms with Crippen LogP contribution in [0.2, 0.25) is 0 Å². The molecule has 3 heterocycles. The van der Waals surface area contributed by atoms with Gasteiger partial charge >= 0.3 is 0 Å². The van der Waals surface area contributed by atoms with Gasteiger partial charge in [0.05, 0.1) is 16.6 Å². The molecular formula is C20H17ClF2N4O3. The van der Waals surface area contributed by atoms with Gasteiger partial charge in [0.25, 0.3) is 5.56 Å². The molecule has 30 heavy (non-hydrogen) atoms. The Morgan fingerprint density at radius 3 is 2.53 bits per heavy atom. The summed E-state index contributed by atoms with van der Waals surface area (Å²) < 4.78 is 35.1. The lowest BCUT2D eigenvalue weighted by Crippen LogP contribution is -2.27. The van der Waals surface area contributed by atoms with Gasteiger partial charge in [-0.05, 0) is 42.8 Å². The normalized spacial score (nSPS) is 16.4. The van der Waals surface area contributed by atoms with Gasteiger partial charge in [0.15, 0.2) is 5.39 Å². The highest BCUT2D eigenvalue weighted by molar-refractivity contribution is 5.94. The van der Waals surface area contributed by atoms with Gasteiger partial charge in [0.1, 0.15) is 11.6 Å². The molecule has 1 aliphatic rings. The first-order valence-corrected chi connectivity index (χ1v) is 9.10. The molecule has 1 saturated heterocycles. The Labute approximate surface area is 174 Å². The molecule has 10 heteroatoms. The summed E-state index contributed by atoms with van der Waals surface area (Å²) in [7, 11) is 0. The molecule has 0 radical (unpaired) electrons. The molecule has 2 aromatic carbocycles. The molecule has 7 nitrogen and oxygen atoms in total. The van der Waals surface area contributed by atoms with Crippen LogP contribution in [0.25, 0.3) is 27.7 Å². The molecular weight excluding hydrogens is 418 g/mol. The average Bonchev–Trinajstić information content (AvgIpc) is 3.29. The first-order valence-electron chi connectivity index (χ1n) is 9.10.